The zero-order chi connectivity index (χ0) is 39.7. The number of ether oxygens (including phenoxy) is 2. The first kappa shape index (κ1) is 41.3. The Morgan fingerprint density at radius 1 is 0.895 bits per heavy atom. The summed E-state index contributed by atoms with van der Waals surface area (Å²) < 4.78 is 13.2. The molecule has 0 amide bonds. The van der Waals surface area contributed by atoms with Gasteiger partial charge >= 0.3 is 0 Å². The third-order valence-electron chi connectivity index (χ3n) is 16.8. The Kier molecular flexibility index (Phi) is 11.6. The van der Waals surface area contributed by atoms with E-state index in [4.69, 9.17) is 9.47 Å². The number of nitrogens with one attached hydrogen (secondary N) is 2. The van der Waals surface area contributed by atoms with Gasteiger partial charge in [-0.1, -0.05) is 59.8 Å². The normalized spacial score (nSPS) is 48.7. The first-order valence-electron chi connectivity index (χ1n) is 22.1. The van der Waals surface area contributed by atoms with Crippen molar-refractivity contribution in [2.24, 2.45) is 52.3 Å². The molecule has 3 saturated heterocycles. The maximum absolute atomic E-state index is 15.4. The topological polar surface area (TPSA) is 198 Å². The van der Waals surface area contributed by atoms with Crippen LogP contribution in [0.3, 0.4) is 0 Å². The Hall–Kier alpha value is -1.04. The lowest BCUT2D eigenvalue weighted by Crippen LogP contribution is -2.79. The molecule has 9 rings (SSSR count). The van der Waals surface area contributed by atoms with Crippen LogP contribution in [0.15, 0.2) is 23.5 Å². The number of hydrogen-bond acceptors (Lipinski definition) is 14. The van der Waals surface area contributed by atoms with Crippen molar-refractivity contribution < 1.29 is 49.7 Å². The molecule has 57 heavy (non-hydrogen) atoms. The number of allylic oxidation sites excluding steroid dienone is 4. The fourth-order valence-corrected chi connectivity index (χ4v) is 16.4. The van der Waals surface area contributed by atoms with Gasteiger partial charge in [0.1, 0.15) is 40.4 Å². The number of rotatable bonds is 4. The zero-order valence-corrected chi connectivity index (χ0v) is 34.7. The largest absolute Gasteiger partial charge is 0.511 e. The highest BCUT2D eigenvalue weighted by atomic mass is 33.1. The number of Topliss-reactive ketones (excluding diaryl/α,β-unsaturated/α-hetero) is 2. The van der Waals surface area contributed by atoms with E-state index in [0.29, 0.717) is 43.9 Å². The number of carbonyl (C=O) groups is 2. The van der Waals surface area contributed by atoms with Crippen molar-refractivity contribution in [3.05, 3.63) is 23.5 Å². The average Bonchev–Trinajstić information content (AvgIpc) is 3.72. The lowest BCUT2D eigenvalue weighted by molar-refractivity contribution is -0.405. The molecule has 2 spiro atoms. The summed E-state index contributed by atoms with van der Waals surface area (Å²) in [5.41, 5.74) is -4.59. The molecule has 8 N–H and O–H groups in total. The summed E-state index contributed by atoms with van der Waals surface area (Å²) in [6, 6.07) is 0. The minimum absolute atomic E-state index is 0.00478. The van der Waals surface area contributed by atoms with Gasteiger partial charge < -0.3 is 45.4 Å². The molecule has 6 aliphatic carbocycles. The molecule has 318 valence electrons. The van der Waals surface area contributed by atoms with E-state index in [0.717, 1.165) is 76.3 Å². The van der Waals surface area contributed by atoms with Crippen molar-refractivity contribution in [2.75, 3.05) is 31.4 Å². The van der Waals surface area contributed by atoms with Crippen LogP contribution in [0, 0.1) is 52.3 Å². The summed E-state index contributed by atoms with van der Waals surface area (Å²) >= 11 is 0. The summed E-state index contributed by atoms with van der Waals surface area (Å²) in [7, 11) is 3.08. The molecule has 3 heterocycles. The summed E-state index contributed by atoms with van der Waals surface area (Å²) in [6.07, 6.45) is 10.5. The number of carbonyl (C=O) groups excluding carboxylic acids is 2. The van der Waals surface area contributed by atoms with Crippen LogP contribution in [0.25, 0.3) is 0 Å². The molecule has 8 fully saturated rings. The molecule has 7 bridgehead atoms. The van der Waals surface area contributed by atoms with Crippen LogP contribution in [0.2, 0.25) is 0 Å². The Morgan fingerprint density at radius 3 is 2.47 bits per heavy atom. The third-order valence-corrected chi connectivity index (χ3v) is 19.1. The van der Waals surface area contributed by atoms with Crippen LogP contribution in [-0.4, -0.2) is 116 Å². The summed E-state index contributed by atoms with van der Waals surface area (Å²) in [4.78, 5) is 30.3. The molecular weight excluding hydrogens is 769 g/mol. The van der Waals surface area contributed by atoms with Crippen molar-refractivity contribution in [2.45, 2.75) is 145 Å². The van der Waals surface area contributed by atoms with E-state index >= 15 is 4.79 Å². The van der Waals surface area contributed by atoms with Crippen molar-refractivity contribution in [1.29, 1.82) is 0 Å². The van der Waals surface area contributed by atoms with Crippen molar-refractivity contribution >= 4 is 33.2 Å². The Labute approximate surface area is 344 Å². The second-order valence-electron chi connectivity index (χ2n) is 19.4. The van der Waals surface area contributed by atoms with Gasteiger partial charge in [0.25, 0.3) is 0 Å². The van der Waals surface area contributed by atoms with Crippen LogP contribution >= 0.6 is 21.6 Å². The number of aliphatic hydroxyl groups excluding tert-OH is 5. The highest BCUT2D eigenvalue weighted by Gasteiger charge is 2.72. The molecule has 3 aliphatic heterocycles. The third kappa shape index (κ3) is 6.59. The van der Waals surface area contributed by atoms with Crippen molar-refractivity contribution in [3.63, 3.8) is 0 Å². The van der Waals surface area contributed by atoms with Gasteiger partial charge in [0.05, 0.1) is 36.6 Å². The van der Waals surface area contributed by atoms with E-state index in [1.807, 2.05) is 6.08 Å². The van der Waals surface area contributed by atoms with E-state index in [9.17, 15) is 35.4 Å². The van der Waals surface area contributed by atoms with Crippen LogP contribution in [0.1, 0.15) is 103 Å². The number of fused-ring (bicyclic) bond motifs is 6. The zero-order valence-electron chi connectivity index (χ0n) is 33.1. The van der Waals surface area contributed by atoms with Crippen LogP contribution < -0.4 is 10.6 Å². The van der Waals surface area contributed by atoms with Gasteiger partial charge in [0.15, 0.2) is 12.1 Å². The average molecular weight is 833 g/mol. The van der Waals surface area contributed by atoms with Crippen molar-refractivity contribution in [3.8, 4) is 0 Å². The Morgan fingerprint density at radius 2 is 1.68 bits per heavy atom. The van der Waals surface area contributed by atoms with Gasteiger partial charge in [0.2, 0.25) is 0 Å². The van der Waals surface area contributed by atoms with E-state index in [1.165, 1.54) is 10.8 Å². The molecule has 5 saturated carbocycles. The maximum Gasteiger partial charge on any atom is 0.187 e. The Bertz CT molecular complexity index is 1610. The quantitative estimate of drug-likeness (QED) is 0.190. The van der Waals surface area contributed by atoms with Gasteiger partial charge in [0, 0.05) is 18.3 Å². The van der Waals surface area contributed by atoms with E-state index in [-0.39, 0.29) is 59.5 Å². The molecule has 14 heteroatoms. The standard InChI is InChI=1S/C43H64N2O10S2/c46-20-25-6-3-5-24(15-25)16-26-17-29-35(49)28-7-4-8-30-34(28)36(50)42(29,32(48)18-26)22-56-57-23-45-33-19-27(10-14-44-33)40(11-1-2-12-40)31-9-13-41(21-47)39(52)43(31,53)37(51)38(54-30)55-41/h17-18,24-25,27-31,33-34,37-39,44-48,51-53H,1-16,19-23H2. The van der Waals surface area contributed by atoms with Gasteiger partial charge in [-0.15, -0.1) is 0 Å². The maximum atomic E-state index is 15.4. The van der Waals surface area contributed by atoms with Crippen molar-refractivity contribution in [1.82, 2.24) is 10.6 Å². The van der Waals surface area contributed by atoms with Gasteiger partial charge in [-0.25, -0.2) is 0 Å². The molecule has 9 aliphatic rings. The number of hydrogen-bond donors (Lipinski definition) is 8. The fraction of sp³-hybridized carbons (Fsp3) is 0.860. The van der Waals surface area contributed by atoms with Crippen LogP contribution in [0.4, 0.5) is 0 Å². The highest BCUT2D eigenvalue weighted by Crippen LogP contribution is 2.63. The summed E-state index contributed by atoms with van der Waals surface area (Å²) in [5, 5.41) is 77.7. The summed E-state index contributed by atoms with van der Waals surface area (Å²) in [6.45, 7) is 0.368. The predicted octanol–water partition coefficient (Wildman–Crippen LogP) is 3.89. The first-order chi connectivity index (χ1) is 27.5. The molecule has 0 radical (unpaired) electrons. The number of aliphatic hydroxyl groups is 6. The molecule has 0 aromatic rings. The second kappa shape index (κ2) is 16.0. The van der Waals surface area contributed by atoms with Crippen LogP contribution in [-0.2, 0) is 19.1 Å². The first-order valence-corrected chi connectivity index (χ1v) is 24.5. The van der Waals surface area contributed by atoms with Gasteiger partial charge in [-0.05, 0) is 118 Å². The minimum atomic E-state index is -2.05. The summed E-state index contributed by atoms with van der Waals surface area (Å²) in [5.74, 6) is -1.72. The predicted molar refractivity (Wildman–Crippen MR) is 215 cm³/mol. The van der Waals surface area contributed by atoms with Gasteiger partial charge in [-0.2, -0.15) is 0 Å². The van der Waals surface area contributed by atoms with E-state index in [2.05, 4.69) is 10.6 Å². The lowest BCUT2D eigenvalue weighted by Gasteiger charge is -2.64. The molecule has 0 aromatic carbocycles. The smallest absolute Gasteiger partial charge is 0.187 e. The molecule has 12 nitrogen and oxygen atoms in total. The molecule has 15 unspecified atom stereocenters. The number of piperidine rings is 1. The highest BCUT2D eigenvalue weighted by molar-refractivity contribution is 8.76. The SMILES string of the molecule is O=C1C2CCCC3OC4OC5(CO)CCC(C6(CCCC6)C6CCNC(C6)NCSSCC6(C(=O)C32)C(O)=CC(CC2CCCC(CO)C2)=CC16)C(O)(C4O)C5O. The molecule has 0 aromatic heterocycles. The fourth-order valence-electron chi connectivity index (χ4n) is 14.0. The molecular formula is C43H64N2O10S2. The van der Waals surface area contributed by atoms with Crippen LogP contribution in [0.5, 0.6) is 0 Å². The van der Waals surface area contributed by atoms with E-state index < -0.39 is 71.5 Å². The molecule has 15 atom stereocenters. The lowest BCUT2D eigenvalue weighted by atomic mass is 9.50. The monoisotopic (exact) mass is 832 g/mol. The van der Waals surface area contributed by atoms with E-state index in [1.54, 1.807) is 16.9 Å². The minimum Gasteiger partial charge on any atom is -0.511 e. The van der Waals surface area contributed by atoms with Gasteiger partial charge in [-0.3, -0.25) is 14.9 Å². The second-order valence-corrected chi connectivity index (χ2v) is 21.9. The Balaban J connectivity index is 1.09. The number of ketones is 2.